The first-order chi connectivity index (χ1) is 13.7. The summed E-state index contributed by atoms with van der Waals surface area (Å²) in [6, 6.07) is 24.4. The van der Waals surface area contributed by atoms with Crippen LogP contribution in [0, 0.1) is 0 Å². The van der Waals surface area contributed by atoms with Crippen LogP contribution in [0.4, 0.5) is 0 Å². The van der Waals surface area contributed by atoms with E-state index in [1.54, 1.807) is 7.11 Å². The van der Waals surface area contributed by atoms with E-state index in [0.717, 1.165) is 22.3 Å². The third-order valence-corrected chi connectivity index (χ3v) is 5.22. The third kappa shape index (κ3) is 3.33. The first-order valence-corrected chi connectivity index (χ1v) is 9.58. The molecule has 3 aromatic carbocycles. The Kier molecular flexibility index (Phi) is 5.02. The Morgan fingerprint density at radius 3 is 2.18 bits per heavy atom. The highest BCUT2D eigenvalue weighted by molar-refractivity contribution is 6.08. The number of likely N-dealkylation sites (N-methyl/N-ethyl adjacent to an activating group) is 1. The highest BCUT2D eigenvalue weighted by atomic mass is 16.5. The molecule has 0 aliphatic rings. The van der Waals surface area contributed by atoms with E-state index in [0.29, 0.717) is 19.6 Å². The summed E-state index contributed by atoms with van der Waals surface area (Å²) in [5.74, 6) is 0.917. The molecule has 28 heavy (non-hydrogen) atoms. The third-order valence-electron chi connectivity index (χ3n) is 5.22. The van der Waals surface area contributed by atoms with E-state index in [4.69, 9.17) is 4.74 Å². The first kappa shape index (κ1) is 18.1. The van der Waals surface area contributed by atoms with E-state index in [1.165, 1.54) is 10.8 Å². The number of fused-ring (bicyclic) bond motifs is 3. The molecule has 0 aliphatic heterocycles. The van der Waals surface area contributed by atoms with Crippen molar-refractivity contribution in [2.24, 2.45) is 0 Å². The van der Waals surface area contributed by atoms with Crippen molar-refractivity contribution in [3.05, 3.63) is 78.4 Å². The van der Waals surface area contributed by atoms with Crippen molar-refractivity contribution < 1.29 is 9.53 Å². The van der Waals surface area contributed by atoms with Crippen molar-refractivity contribution in [1.82, 2.24) is 9.47 Å². The second kappa shape index (κ2) is 7.77. The Morgan fingerprint density at radius 2 is 1.57 bits per heavy atom. The van der Waals surface area contributed by atoms with Crippen LogP contribution in [-0.4, -0.2) is 29.0 Å². The molecule has 0 saturated heterocycles. The molecule has 0 aliphatic carbocycles. The summed E-state index contributed by atoms with van der Waals surface area (Å²) in [5, 5.41) is 2.36. The van der Waals surface area contributed by atoms with Crippen LogP contribution in [0.1, 0.15) is 12.5 Å². The van der Waals surface area contributed by atoms with Crippen molar-refractivity contribution in [3.63, 3.8) is 0 Å². The molecule has 0 fully saturated rings. The van der Waals surface area contributed by atoms with Gasteiger partial charge in [-0.2, -0.15) is 0 Å². The van der Waals surface area contributed by atoms with E-state index in [-0.39, 0.29) is 5.91 Å². The minimum Gasteiger partial charge on any atom is -0.497 e. The zero-order valence-electron chi connectivity index (χ0n) is 16.3. The van der Waals surface area contributed by atoms with Gasteiger partial charge in [0.1, 0.15) is 12.3 Å². The summed E-state index contributed by atoms with van der Waals surface area (Å²) in [5.41, 5.74) is 3.25. The molecule has 1 aromatic heterocycles. The minimum absolute atomic E-state index is 0.108. The number of benzene rings is 3. The van der Waals surface area contributed by atoms with E-state index in [9.17, 15) is 4.79 Å². The Balaban J connectivity index is 1.64. The largest absolute Gasteiger partial charge is 0.497 e. The van der Waals surface area contributed by atoms with Crippen molar-refractivity contribution in [2.45, 2.75) is 20.0 Å². The van der Waals surface area contributed by atoms with E-state index >= 15 is 0 Å². The number of aromatic nitrogens is 1. The fourth-order valence-corrected chi connectivity index (χ4v) is 3.78. The molecular formula is C24H24N2O2. The SMILES string of the molecule is CCN(Cc1cccc(OC)c1)C(=O)Cn1c2ccccc2c2ccccc21. The predicted octanol–water partition coefficient (Wildman–Crippen LogP) is 4.85. The quantitative estimate of drug-likeness (QED) is 0.485. The fraction of sp³-hybridized carbons (Fsp3) is 0.208. The lowest BCUT2D eigenvalue weighted by Crippen LogP contribution is -2.33. The van der Waals surface area contributed by atoms with Crippen molar-refractivity contribution in [3.8, 4) is 5.75 Å². The first-order valence-electron chi connectivity index (χ1n) is 9.58. The van der Waals surface area contributed by atoms with Crippen LogP contribution in [0.3, 0.4) is 0 Å². The fourth-order valence-electron chi connectivity index (χ4n) is 3.78. The number of carbonyl (C=O) groups is 1. The predicted molar refractivity (Wildman–Crippen MR) is 114 cm³/mol. The summed E-state index contributed by atoms with van der Waals surface area (Å²) >= 11 is 0. The van der Waals surface area contributed by atoms with Gasteiger partial charge in [0.15, 0.2) is 0 Å². The number of hydrogen-bond acceptors (Lipinski definition) is 2. The van der Waals surface area contributed by atoms with Gasteiger partial charge in [-0.15, -0.1) is 0 Å². The maximum absolute atomic E-state index is 13.2. The normalized spacial score (nSPS) is 11.1. The van der Waals surface area contributed by atoms with Gasteiger partial charge in [0.05, 0.1) is 7.11 Å². The molecule has 0 saturated carbocycles. The second-order valence-corrected chi connectivity index (χ2v) is 6.88. The lowest BCUT2D eigenvalue weighted by Gasteiger charge is -2.22. The molecule has 4 rings (SSSR count). The number of nitrogens with zero attached hydrogens (tertiary/aromatic N) is 2. The molecule has 1 amide bonds. The number of methoxy groups -OCH3 is 1. The molecule has 0 N–H and O–H groups in total. The van der Waals surface area contributed by atoms with Crippen molar-refractivity contribution >= 4 is 27.7 Å². The monoisotopic (exact) mass is 372 g/mol. The van der Waals surface area contributed by atoms with Crippen molar-refractivity contribution in [2.75, 3.05) is 13.7 Å². The number of hydrogen-bond donors (Lipinski definition) is 0. The zero-order chi connectivity index (χ0) is 19.5. The Morgan fingerprint density at radius 1 is 0.929 bits per heavy atom. The molecule has 4 aromatic rings. The maximum atomic E-state index is 13.2. The Hall–Kier alpha value is -3.27. The molecule has 0 radical (unpaired) electrons. The number of amides is 1. The van der Waals surface area contributed by atoms with Crippen molar-refractivity contribution in [1.29, 1.82) is 0 Å². The molecule has 0 spiro atoms. The average molecular weight is 372 g/mol. The number of ether oxygens (including phenoxy) is 1. The summed E-state index contributed by atoms with van der Waals surface area (Å²) in [4.78, 5) is 15.0. The molecule has 1 heterocycles. The topological polar surface area (TPSA) is 34.5 Å². The van der Waals surface area contributed by atoms with Crippen LogP contribution in [-0.2, 0) is 17.9 Å². The summed E-state index contributed by atoms with van der Waals surface area (Å²) in [6.45, 7) is 3.58. The van der Waals surface area contributed by atoms with Gasteiger partial charge in [-0.1, -0.05) is 48.5 Å². The highest BCUT2D eigenvalue weighted by Crippen LogP contribution is 2.28. The molecule has 4 heteroatoms. The lowest BCUT2D eigenvalue weighted by atomic mass is 10.2. The van der Waals surface area contributed by atoms with Gasteiger partial charge in [0.2, 0.25) is 5.91 Å². The average Bonchev–Trinajstić information content (AvgIpc) is 3.06. The molecule has 0 unspecified atom stereocenters. The van der Waals surface area contributed by atoms with E-state index in [2.05, 4.69) is 28.8 Å². The van der Waals surface area contributed by atoms with Crippen LogP contribution >= 0.6 is 0 Å². The van der Waals surface area contributed by atoms with Crippen LogP contribution < -0.4 is 4.74 Å². The van der Waals surface area contributed by atoms with Gasteiger partial charge in [0, 0.05) is 34.9 Å². The second-order valence-electron chi connectivity index (χ2n) is 6.88. The van der Waals surface area contributed by atoms with E-state index < -0.39 is 0 Å². The zero-order valence-corrected chi connectivity index (χ0v) is 16.3. The summed E-state index contributed by atoms with van der Waals surface area (Å²) in [7, 11) is 1.66. The standard InChI is InChI=1S/C24H24N2O2/c1-3-25(16-18-9-8-10-19(15-18)28-2)24(27)17-26-22-13-6-4-11-20(22)21-12-5-7-14-23(21)26/h4-15H,3,16-17H2,1-2H3. The van der Waals surface area contributed by atoms with Gasteiger partial charge in [-0.25, -0.2) is 0 Å². The Labute approximate surface area is 164 Å². The number of rotatable bonds is 6. The molecule has 0 bridgehead atoms. The Bertz CT molecular complexity index is 1080. The van der Waals surface area contributed by atoms with Gasteiger partial charge in [-0.05, 0) is 36.8 Å². The van der Waals surface area contributed by atoms with Gasteiger partial charge in [-0.3, -0.25) is 4.79 Å². The number of carbonyl (C=O) groups excluding carboxylic acids is 1. The van der Waals surface area contributed by atoms with Crippen LogP contribution in [0.5, 0.6) is 5.75 Å². The van der Waals surface area contributed by atoms with Crippen LogP contribution in [0.25, 0.3) is 21.8 Å². The van der Waals surface area contributed by atoms with Crippen LogP contribution in [0.2, 0.25) is 0 Å². The van der Waals surface area contributed by atoms with Gasteiger partial charge >= 0.3 is 0 Å². The minimum atomic E-state index is 0.108. The smallest absolute Gasteiger partial charge is 0.242 e. The molecule has 0 atom stereocenters. The summed E-state index contributed by atoms with van der Waals surface area (Å²) < 4.78 is 7.43. The molecule has 142 valence electrons. The highest BCUT2D eigenvalue weighted by Gasteiger charge is 2.17. The van der Waals surface area contributed by atoms with Crippen LogP contribution in [0.15, 0.2) is 72.8 Å². The van der Waals surface area contributed by atoms with E-state index in [1.807, 2.05) is 60.4 Å². The molecular weight excluding hydrogens is 348 g/mol. The maximum Gasteiger partial charge on any atom is 0.242 e. The summed E-state index contributed by atoms with van der Waals surface area (Å²) in [6.07, 6.45) is 0. The lowest BCUT2D eigenvalue weighted by molar-refractivity contribution is -0.132. The number of para-hydroxylation sites is 2. The van der Waals surface area contributed by atoms with Gasteiger partial charge in [0.25, 0.3) is 0 Å². The molecule has 4 nitrogen and oxygen atoms in total. The van der Waals surface area contributed by atoms with Gasteiger partial charge < -0.3 is 14.2 Å².